The third-order valence-corrected chi connectivity index (χ3v) is 3.33. The molecule has 0 saturated heterocycles. The molecule has 1 fully saturated rings. The van der Waals surface area contributed by atoms with Crippen molar-refractivity contribution >= 4 is 23.2 Å². The first-order valence-electron chi connectivity index (χ1n) is 4.57. The minimum Gasteiger partial charge on any atom is -0.123 e. The molecule has 70 valence electrons. The first kappa shape index (κ1) is 10.4. The van der Waals surface area contributed by atoms with Gasteiger partial charge in [0.25, 0.3) is 0 Å². The smallest absolute Gasteiger partial charge is 0.0339 e. The van der Waals surface area contributed by atoms with Gasteiger partial charge in [-0.25, -0.2) is 0 Å². The van der Waals surface area contributed by atoms with Gasteiger partial charge >= 0.3 is 0 Å². The van der Waals surface area contributed by atoms with Gasteiger partial charge in [0.15, 0.2) is 0 Å². The van der Waals surface area contributed by atoms with Crippen LogP contribution in [0.4, 0.5) is 0 Å². The van der Waals surface area contributed by atoms with Crippen molar-refractivity contribution in [1.29, 1.82) is 0 Å². The standard InChI is InChI=1S/C10H16Cl2/c1-7-3-4-10(12)6-9(7)5-8(2)11/h7,9-10H,2-6H2,1H3. The summed E-state index contributed by atoms with van der Waals surface area (Å²) >= 11 is 11.9. The van der Waals surface area contributed by atoms with Crippen LogP contribution in [0.3, 0.4) is 0 Å². The van der Waals surface area contributed by atoms with Gasteiger partial charge in [-0.05, 0) is 37.5 Å². The van der Waals surface area contributed by atoms with Crippen molar-refractivity contribution in [2.75, 3.05) is 0 Å². The lowest BCUT2D eigenvalue weighted by Gasteiger charge is -2.31. The molecule has 0 bridgehead atoms. The lowest BCUT2D eigenvalue weighted by molar-refractivity contribution is 0.261. The van der Waals surface area contributed by atoms with Crippen LogP contribution in [-0.4, -0.2) is 5.38 Å². The number of hydrogen-bond donors (Lipinski definition) is 0. The van der Waals surface area contributed by atoms with Gasteiger partial charge in [0.1, 0.15) is 0 Å². The van der Waals surface area contributed by atoms with E-state index in [2.05, 4.69) is 13.5 Å². The van der Waals surface area contributed by atoms with Crippen LogP contribution in [-0.2, 0) is 0 Å². The molecule has 2 heteroatoms. The zero-order valence-electron chi connectivity index (χ0n) is 7.52. The summed E-state index contributed by atoms with van der Waals surface area (Å²) in [5.41, 5.74) is 0. The minimum absolute atomic E-state index is 0.363. The van der Waals surface area contributed by atoms with Crippen LogP contribution in [0.15, 0.2) is 11.6 Å². The summed E-state index contributed by atoms with van der Waals surface area (Å²) in [4.78, 5) is 0. The zero-order valence-corrected chi connectivity index (χ0v) is 9.04. The monoisotopic (exact) mass is 206 g/mol. The number of halogens is 2. The van der Waals surface area contributed by atoms with Crippen molar-refractivity contribution in [3.05, 3.63) is 11.6 Å². The van der Waals surface area contributed by atoms with Crippen molar-refractivity contribution in [2.24, 2.45) is 11.8 Å². The fraction of sp³-hybridized carbons (Fsp3) is 0.800. The Kier molecular flexibility index (Phi) is 3.92. The van der Waals surface area contributed by atoms with Crippen LogP contribution in [0.1, 0.15) is 32.6 Å². The zero-order chi connectivity index (χ0) is 9.14. The van der Waals surface area contributed by atoms with Crippen LogP contribution in [0, 0.1) is 11.8 Å². The lowest BCUT2D eigenvalue weighted by Crippen LogP contribution is -2.23. The maximum Gasteiger partial charge on any atom is 0.0339 e. The van der Waals surface area contributed by atoms with Crippen molar-refractivity contribution in [2.45, 2.75) is 38.0 Å². The summed E-state index contributed by atoms with van der Waals surface area (Å²) in [5.74, 6) is 1.42. The maximum atomic E-state index is 6.09. The highest BCUT2D eigenvalue weighted by atomic mass is 35.5. The quantitative estimate of drug-likeness (QED) is 0.596. The largest absolute Gasteiger partial charge is 0.123 e. The Morgan fingerprint density at radius 1 is 1.50 bits per heavy atom. The Labute approximate surface area is 84.9 Å². The molecule has 3 unspecified atom stereocenters. The second-order valence-electron chi connectivity index (χ2n) is 3.87. The fourth-order valence-electron chi connectivity index (χ4n) is 1.93. The van der Waals surface area contributed by atoms with Crippen molar-refractivity contribution in [3.8, 4) is 0 Å². The topological polar surface area (TPSA) is 0 Å². The lowest BCUT2D eigenvalue weighted by atomic mass is 9.78. The molecule has 0 N–H and O–H groups in total. The Bertz CT molecular complexity index is 165. The van der Waals surface area contributed by atoms with E-state index < -0.39 is 0 Å². The highest BCUT2D eigenvalue weighted by Crippen LogP contribution is 2.36. The van der Waals surface area contributed by atoms with Crippen molar-refractivity contribution < 1.29 is 0 Å². The van der Waals surface area contributed by atoms with Gasteiger partial charge in [-0.3, -0.25) is 0 Å². The van der Waals surface area contributed by atoms with Gasteiger partial charge in [0.05, 0.1) is 0 Å². The van der Waals surface area contributed by atoms with Crippen molar-refractivity contribution in [3.63, 3.8) is 0 Å². The molecule has 0 amide bonds. The molecule has 12 heavy (non-hydrogen) atoms. The van der Waals surface area contributed by atoms with E-state index in [1.54, 1.807) is 0 Å². The molecule has 0 nitrogen and oxygen atoms in total. The van der Waals surface area contributed by atoms with Gasteiger partial charge in [-0.1, -0.05) is 25.1 Å². The van der Waals surface area contributed by atoms with Crippen LogP contribution in [0.2, 0.25) is 0 Å². The third kappa shape index (κ3) is 2.99. The average molecular weight is 207 g/mol. The summed E-state index contributed by atoms with van der Waals surface area (Å²) in [6, 6.07) is 0. The molecule has 0 aromatic rings. The van der Waals surface area contributed by atoms with Crippen molar-refractivity contribution in [1.82, 2.24) is 0 Å². The summed E-state index contributed by atoms with van der Waals surface area (Å²) in [6.07, 6.45) is 4.44. The summed E-state index contributed by atoms with van der Waals surface area (Å²) in [5, 5.41) is 1.14. The molecule has 1 saturated carbocycles. The van der Waals surface area contributed by atoms with Gasteiger partial charge in [-0.15, -0.1) is 11.6 Å². The fourth-order valence-corrected chi connectivity index (χ4v) is 2.48. The first-order valence-corrected chi connectivity index (χ1v) is 5.38. The molecular weight excluding hydrogens is 191 g/mol. The predicted molar refractivity (Wildman–Crippen MR) is 55.8 cm³/mol. The summed E-state index contributed by atoms with van der Waals surface area (Å²) in [7, 11) is 0. The predicted octanol–water partition coefficient (Wildman–Crippen LogP) is 4.17. The highest BCUT2D eigenvalue weighted by molar-refractivity contribution is 6.29. The molecule has 0 aromatic carbocycles. The molecule has 1 rings (SSSR count). The SMILES string of the molecule is C=C(Cl)CC1CC(Cl)CCC1C. The van der Waals surface area contributed by atoms with E-state index in [1.165, 1.54) is 6.42 Å². The third-order valence-electron chi connectivity index (χ3n) is 2.78. The second-order valence-corrected chi connectivity index (χ2v) is 5.02. The Morgan fingerprint density at radius 3 is 2.75 bits per heavy atom. The molecule has 0 aromatic heterocycles. The Morgan fingerprint density at radius 2 is 2.17 bits per heavy atom. The van der Waals surface area contributed by atoms with Crippen LogP contribution >= 0.6 is 23.2 Å². The molecular formula is C10H16Cl2. The summed E-state index contributed by atoms with van der Waals surface area (Å²) < 4.78 is 0. The van der Waals surface area contributed by atoms with E-state index in [0.717, 1.165) is 30.2 Å². The minimum atomic E-state index is 0.363. The number of rotatable bonds is 2. The van der Waals surface area contributed by atoms with Gasteiger partial charge in [0, 0.05) is 10.4 Å². The summed E-state index contributed by atoms with van der Waals surface area (Å²) in [6.45, 7) is 6.02. The average Bonchev–Trinajstić information content (AvgIpc) is 1.96. The van der Waals surface area contributed by atoms with E-state index in [1.807, 2.05) is 0 Å². The molecule has 1 aliphatic carbocycles. The molecule has 0 spiro atoms. The Hall–Kier alpha value is 0.320. The number of alkyl halides is 1. The van der Waals surface area contributed by atoms with E-state index in [9.17, 15) is 0 Å². The van der Waals surface area contributed by atoms with E-state index in [4.69, 9.17) is 23.2 Å². The maximum absolute atomic E-state index is 6.09. The number of hydrogen-bond acceptors (Lipinski definition) is 0. The molecule has 0 radical (unpaired) electrons. The van der Waals surface area contributed by atoms with Gasteiger partial charge in [-0.2, -0.15) is 0 Å². The molecule has 0 aliphatic heterocycles. The van der Waals surface area contributed by atoms with E-state index >= 15 is 0 Å². The van der Waals surface area contributed by atoms with E-state index in [0.29, 0.717) is 11.3 Å². The molecule has 1 aliphatic rings. The highest BCUT2D eigenvalue weighted by Gasteiger charge is 2.26. The van der Waals surface area contributed by atoms with Crippen LogP contribution in [0.5, 0.6) is 0 Å². The second kappa shape index (κ2) is 4.53. The normalized spacial score (nSPS) is 36.4. The van der Waals surface area contributed by atoms with Crippen LogP contribution in [0.25, 0.3) is 0 Å². The van der Waals surface area contributed by atoms with Gasteiger partial charge in [0.2, 0.25) is 0 Å². The van der Waals surface area contributed by atoms with Crippen LogP contribution < -0.4 is 0 Å². The first-order chi connectivity index (χ1) is 5.59. The molecule has 0 heterocycles. The molecule has 3 atom stereocenters. The van der Waals surface area contributed by atoms with Gasteiger partial charge < -0.3 is 0 Å². The van der Waals surface area contributed by atoms with E-state index in [-0.39, 0.29) is 0 Å². The Balaban J connectivity index is 2.43. The number of allylic oxidation sites excluding steroid dienone is 1.